The van der Waals surface area contributed by atoms with E-state index in [2.05, 4.69) is 10.6 Å². The van der Waals surface area contributed by atoms with Gasteiger partial charge in [-0.1, -0.05) is 50.1 Å². The van der Waals surface area contributed by atoms with Crippen molar-refractivity contribution in [3.63, 3.8) is 0 Å². The van der Waals surface area contributed by atoms with Crippen molar-refractivity contribution in [2.75, 3.05) is 13.7 Å². The van der Waals surface area contributed by atoms with E-state index in [0.717, 1.165) is 44.1 Å². The van der Waals surface area contributed by atoms with E-state index in [4.69, 9.17) is 9.47 Å². The molecule has 0 unspecified atom stereocenters. The predicted molar refractivity (Wildman–Crippen MR) is 114 cm³/mol. The Labute approximate surface area is 178 Å². The molecule has 1 saturated carbocycles. The molecule has 7 heteroatoms. The molecular formula is C23H34N2O5. The fourth-order valence-electron chi connectivity index (χ4n) is 3.72. The van der Waals surface area contributed by atoms with E-state index in [1.807, 2.05) is 37.3 Å². The highest BCUT2D eigenvalue weighted by molar-refractivity contribution is 5.85. The summed E-state index contributed by atoms with van der Waals surface area (Å²) in [5, 5.41) is 5.69. The van der Waals surface area contributed by atoms with Crippen LogP contribution in [0.2, 0.25) is 0 Å². The van der Waals surface area contributed by atoms with Crippen molar-refractivity contribution in [1.29, 1.82) is 0 Å². The van der Waals surface area contributed by atoms with E-state index in [1.54, 1.807) is 0 Å². The third kappa shape index (κ3) is 8.05. The van der Waals surface area contributed by atoms with Crippen LogP contribution in [0.3, 0.4) is 0 Å². The summed E-state index contributed by atoms with van der Waals surface area (Å²) in [6.45, 7) is 2.84. The molecule has 0 spiro atoms. The smallest absolute Gasteiger partial charge is 0.407 e. The van der Waals surface area contributed by atoms with Gasteiger partial charge in [0.2, 0.25) is 5.91 Å². The van der Waals surface area contributed by atoms with Gasteiger partial charge in [-0.2, -0.15) is 0 Å². The highest BCUT2D eigenvalue weighted by atomic mass is 16.5. The van der Waals surface area contributed by atoms with E-state index < -0.39 is 12.1 Å². The van der Waals surface area contributed by atoms with Gasteiger partial charge in [-0.05, 0) is 43.6 Å². The van der Waals surface area contributed by atoms with Crippen molar-refractivity contribution in [2.45, 2.75) is 64.5 Å². The lowest BCUT2D eigenvalue weighted by Gasteiger charge is -2.29. The van der Waals surface area contributed by atoms with Crippen LogP contribution in [0.1, 0.15) is 57.4 Å². The zero-order valence-electron chi connectivity index (χ0n) is 18.0. The van der Waals surface area contributed by atoms with Gasteiger partial charge >= 0.3 is 12.1 Å². The average Bonchev–Trinajstić information content (AvgIpc) is 2.79. The molecule has 2 rings (SSSR count). The van der Waals surface area contributed by atoms with Crippen molar-refractivity contribution >= 4 is 18.0 Å². The second kappa shape index (κ2) is 12.9. The van der Waals surface area contributed by atoms with Gasteiger partial charge in [0.25, 0.3) is 0 Å². The van der Waals surface area contributed by atoms with Crippen LogP contribution >= 0.6 is 0 Å². The molecule has 0 radical (unpaired) electrons. The summed E-state index contributed by atoms with van der Waals surface area (Å²) in [4.78, 5) is 36.4. The zero-order chi connectivity index (χ0) is 21.8. The number of ether oxygens (including phenoxy) is 2. The minimum atomic E-state index is -0.568. The molecule has 1 fully saturated rings. The first kappa shape index (κ1) is 23.7. The van der Waals surface area contributed by atoms with Crippen LogP contribution in [0.15, 0.2) is 30.3 Å². The lowest BCUT2D eigenvalue weighted by atomic mass is 9.81. The molecule has 1 aromatic carbocycles. The maximum atomic E-state index is 12.6. The third-order valence-corrected chi connectivity index (χ3v) is 5.61. The van der Waals surface area contributed by atoms with Gasteiger partial charge in [-0.3, -0.25) is 4.79 Å². The van der Waals surface area contributed by atoms with Gasteiger partial charge < -0.3 is 20.1 Å². The van der Waals surface area contributed by atoms with Crippen molar-refractivity contribution in [1.82, 2.24) is 10.6 Å². The summed E-state index contributed by atoms with van der Waals surface area (Å²) in [6, 6.07) is 8.98. The van der Waals surface area contributed by atoms with E-state index in [9.17, 15) is 14.4 Å². The minimum Gasteiger partial charge on any atom is -0.467 e. The summed E-state index contributed by atoms with van der Waals surface area (Å²) in [5.41, 5.74) is 0.948. The maximum Gasteiger partial charge on any atom is 0.407 e. The number of benzene rings is 1. The summed E-state index contributed by atoms with van der Waals surface area (Å²) in [5.74, 6) is -0.228. The van der Waals surface area contributed by atoms with Gasteiger partial charge in [-0.15, -0.1) is 0 Å². The fraction of sp³-hybridized carbons (Fsp3) is 0.609. The van der Waals surface area contributed by atoms with E-state index >= 15 is 0 Å². The first-order chi connectivity index (χ1) is 14.5. The number of methoxy groups -OCH3 is 1. The zero-order valence-corrected chi connectivity index (χ0v) is 18.0. The predicted octanol–water partition coefficient (Wildman–Crippen LogP) is 3.57. The van der Waals surface area contributed by atoms with Crippen molar-refractivity contribution in [3.8, 4) is 0 Å². The normalized spacial score (nSPS) is 19.4. The van der Waals surface area contributed by atoms with Crippen molar-refractivity contribution in [2.24, 2.45) is 11.8 Å². The molecule has 1 aliphatic carbocycles. The van der Waals surface area contributed by atoms with Crippen LogP contribution in [-0.4, -0.2) is 37.7 Å². The molecule has 1 aliphatic rings. The van der Waals surface area contributed by atoms with E-state index in [-0.39, 0.29) is 24.4 Å². The summed E-state index contributed by atoms with van der Waals surface area (Å²) < 4.78 is 10.0. The van der Waals surface area contributed by atoms with Crippen LogP contribution < -0.4 is 10.6 Å². The largest absolute Gasteiger partial charge is 0.467 e. The third-order valence-electron chi connectivity index (χ3n) is 5.61. The van der Waals surface area contributed by atoms with Crippen LogP contribution in [0.4, 0.5) is 4.79 Å². The molecule has 166 valence electrons. The number of nitrogens with one attached hydrogen (secondary N) is 2. The Morgan fingerprint density at radius 3 is 2.43 bits per heavy atom. The molecule has 0 aliphatic heterocycles. The number of hydrogen-bond acceptors (Lipinski definition) is 5. The molecule has 0 saturated heterocycles. The number of unbranched alkanes of at least 4 members (excludes halogenated alkanes) is 1. The maximum absolute atomic E-state index is 12.6. The Kier molecular flexibility index (Phi) is 10.2. The SMILES string of the molecule is CCCC[C@@H](NC(=O)C1CCC(CNC(=O)OCc2ccccc2)CC1)C(=O)OC. The highest BCUT2D eigenvalue weighted by Gasteiger charge is 2.29. The van der Waals surface area contributed by atoms with Crippen molar-refractivity contribution in [3.05, 3.63) is 35.9 Å². The summed E-state index contributed by atoms with van der Waals surface area (Å²) in [6.07, 6.45) is 5.20. The van der Waals surface area contributed by atoms with Crippen LogP contribution in [0.25, 0.3) is 0 Å². The highest BCUT2D eigenvalue weighted by Crippen LogP contribution is 2.28. The molecular weight excluding hydrogens is 384 g/mol. The second-order valence-electron chi connectivity index (χ2n) is 7.89. The first-order valence-corrected chi connectivity index (χ1v) is 10.9. The number of hydrogen-bond donors (Lipinski definition) is 2. The summed E-state index contributed by atoms with van der Waals surface area (Å²) in [7, 11) is 1.34. The first-order valence-electron chi connectivity index (χ1n) is 10.9. The monoisotopic (exact) mass is 418 g/mol. The molecule has 1 atom stereocenters. The number of carbonyl (C=O) groups excluding carboxylic acids is 3. The number of esters is 1. The van der Waals surface area contributed by atoms with Gasteiger partial charge in [0.05, 0.1) is 7.11 Å². The fourth-order valence-corrected chi connectivity index (χ4v) is 3.72. The van der Waals surface area contributed by atoms with Gasteiger partial charge in [0.15, 0.2) is 0 Å². The Morgan fingerprint density at radius 1 is 1.10 bits per heavy atom. The summed E-state index contributed by atoms with van der Waals surface area (Å²) >= 11 is 0. The lowest BCUT2D eigenvalue weighted by molar-refractivity contribution is -0.146. The van der Waals surface area contributed by atoms with Crippen LogP contribution in [-0.2, 0) is 25.7 Å². The molecule has 2 amide bonds. The molecule has 0 bridgehead atoms. The van der Waals surface area contributed by atoms with Gasteiger partial charge in [0.1, 0.15) is 12.6 Å². The lowest BCUT2D eigenvalue weighted by Crippen LogP contribution is -2.45. The minimum absolute atomic E-state index is 0.0739. The standard InChI is InChI=1S/C23H34N2O5/c1-3-4-10-20(22(27)29-2)25-21(26)19-13-11-17(12-14-19)15-24-23(28)30-16-18-8-6-5-7-9-18/h5-9,17,19-20H,3-4,10-16H2,1-2H3,(H,24,28)(H,25,26)/t17?,19?,20-/m1/s1. The number of alkyl carbamates (subject to hydrolysis) is 1. The molecule has 2 N–H and O–H groups in total. The Balaban J connectivity index is 1.67. The topological polar surface area (TPSA) is 93.7 Å². The average molecular weight is 419 g/mol. The Morgan fingerprint density at radius 2 is 1.80 bits per heavy atom. The number of rotatable bonds is 10. The van der Waals surface area contributed by atoms with Crippen LogP contribution in [0.5, 0.6) is 0 Å². The van der Waals surface area contributed by atoms with Crippen LogP contribution in [0, 0.1) is 11.8 Å². The quantitative estimate of drug-likeness (QED) is 0.567. The van der Waals surface area contributed by atoms with Gasteiger partial charge in [0, 0.05) is 12.5 Å². The number of amides is 2. The second-order valence-corrected chi connectivity index (χ2v) is 7.89. The molecule has 1 aromatic rings. The molecule has 7 nitrogen and oxygen atoms in total. The van der Waals surface area contributed by atoms with Gasteiger partial charge in [-0.25, -0.2) is 9.59 Å². The number of carbonyl (C=O) groups is 3. The molecule has 30 heavy (non-hydrogen) atoms. The van der Waals surface area contributed by atoms with E-state index in [1.165, 1.54) is 7.11 Å². The Bertz CT molecular complexity index is 671. The van der Waals surface area contributed by atoms with E-state index in [0.29, 0.717) is 18.9 Å². The molecule has 0 aromatic heterocycles. The molecule has 0 heterocycles. The Hall–Kier alpha value is -2.57. The van der Waals surface area contributed by atoms with Crippen molar-refractivity contribution < 1.29 is 23.9 Å².